The third-order valence-electron chi connectivity index (χ3n) is 3.28. The molecule has 0 amide bonds. The van der Waals surface area contributed by atoms with Crippen LogP contribution < -0.4 is 0 Å². The van der Waals surface area contributed by atoms with E-state index in [0.29, 0.717) is 12.3 Å². The molecule has 1 aliphatic rings. The molecule has 98 valence electrons. The summed E-state index contributed by atoms with van der Waals surface area (Å²) in [6.07, 6.45) is 5.69. The maximum Gasteiger partial charge on any atom is 0.229 e. The largest absolute Gasteiger partial charge is 0.378 e. The average molecular weight is 249 g/mol. The molecule has 2 unspecified atom stereocenters. The number of rotatable bonds is 5. The van der Waals surface area contributed by atoms with E-state index in [0.717, 1.165) is 38.1 Å². The van der Waals surface area contributed by atoms with Crippen LogP contribution >= 0.6 is 0 Å². The van der Waals surface area contributed by atoms with E-state index in [1.165, 1.54) is 6.42 Å². The lowest BCUT2D eigenvalue weighted by Gasteiger charge is -2.20. The molecule has 5 nitrogen and oxygen atoms in total. The van der Waals surface area contributed by atoms with Gasteiger partial charge in [0.25, 0.3) is 0 Å². The van der Waals surface area contributed by atoms with Crippen molar-refractivity contribution in [3.05, 3.63) is 11.7 Å². The van der Waals surface area contributed by atoms with Crippen LogP contribution in [0, 0.1) is 11.3 Å². The van der Waals surface area contributed by atoms with Crippen molar-refractivity contribution >= 4 is 0 Å². The highest BCUT2D eigenvalue weighted by atomic mass is 16.5. The van der Waals surface area contributed by atoms with Crippen LogP contribution in [0.15, 0.2) is 4.52 Å². The minimum atomic E-state index is 0.151. The highest BCUT2D eigenvalue weighted by Crippen LogP contribution is 2.20. The summed E-state index contributed by atoms with van der Waals surface area (Å²) in [7, 11) is 0. The van der Waals surface area contributed by atoms with Crippen molar-refractivity contribution in [2.45, 2.75) is 57.5 Å². The van der Waals surface area contributed by atoms with Gasteiger partial charge in [0.15, 0.2) is 5.82 Å². The highest BCUT2D eigenvalue weighted by Gasteiger charge is 2.19. The summed E-state index contributed by atoms with van der Waals surface area (Å²) in [5.41, 5.74) is 0. The van der Waals surface area contributed by atoms with E-state index < -0.39 is 0 Å². The predicted molar refractivity (Wildman–Crippen MR) is 64.9 cm³/mol. The molecule has 18 heavy (non-hydrogen) atoms. The lowest BCUT2D eigenvalue weighted by molar-refractivity contribution is 0.0153. The molecule has 0 aromatic carbocycles. The van der Waals surface area contributed by atoms with Crippen molar-refractivity contribution in [2.75, 3.05) is 6.61 Å². The summed E-state index contributed by atoms with van der Waals surface area (Å²) in [6.45, 7) is 2.85. The van der Waals surface area contributed by atoms with Crippen LogP contribution in [0.3, 0.4) is 0 Å². The van der Waals surface area contributed by atoms with Crippen molar-refractivity contribution < 1.29 is 9.26 Å². The van der Waals surface area contributed by atoms with Crippen molar-refractivity contribution in [2.24, 2.45) is 0 Å². The quantitative estimate of drug-likeness (QED) is 0.802. The molecule has 1 saturated heterocycles. The zero-order valence-corrected chi connectivity index (χ0v) is 10.8. The number of nitriles is 1. The molecular formula is C13H19N3O2. The standard InChI is InChI=1S/C13H19N3O2/c1-10(5-4-7-14)13-15-12(16-18-13)9-11-6-2-3-8-17-11/h10-11H,2-6,8-9H2,1H3. The third kappa shape index (κ3) is 3.54. The van der Waals surface area contributed by atoms with E-state index in [9.17, 15) is 0 Å². The molecule has 0 radical (unpaired) electrons. The molecular weight excluding hydrogens is 230 g/mol. The molecule has 2 atom stereocenters. The molecule has 5 heteroatoms. The Bertz CT molecular complexity index is 405. The number of ether oxygens (including phenoxy) is 1. The fraction of sp³-hybridized carbons (Fsp3) is 0.769. The Labute approximate surface area is 107 Å². The number of hydrogen-bond acceptors (Lipinski definition) is 5. The fourth-order valence-electron chi connectivity index (χ4n) is 2.13. The Kier molecular flexibility index (Phi) is 4.71. The van der Waals surface area contributed by atoms with Gasteiger partial charge in [-0.2, -0.15) is 10.2 Å². The highest BCUT2D eigenvalue weighted by molar-refractivity contribution is 4.95. The molecule has 0 bridgehead atoms. The maximum absolute atomic E-state index is 8.55. The minimum Gasteiger partial charge on any atom is -0.378 e. The Morgan fingerprint density at radius 1 is 1.50 bits per heavy atom. The van der Waals surface area contributed by atoms with Crippen molar-refractivity contribution in [3.63, 3.8) is 0 Å². The van der Waals surface area contributed by atoms with E-state index >= 15 is 0 Å². The van der Waals surface area contributed by atoms with Gasteiger partial charge >= 0.3 is 0 Å². The second-order valence-electron chi connectivity index (χ2n) is 4.84. The van der Waals surface area contributed by atoms with Gasteiger partial charge in [0.05, 0.1) is 12.2 Å². The lowest BCUT2D eigenvalue weighted by Crippen LogP contribution is -2.21. The first-order valence-electron chi connectivity index (χ1n) is 6.60. The minimum absolute atomic E-state index is 0.151. The summed E-state index contributed by atoms with van der Waals surface area (Å²) in [6, 6.07) is 2.13. The van der Waals surface area contributed by atoms with E-state index in [1.807, 2.05) is 6.92 Å². The van der Waals surface area contributed by atoms with Gasteiger partial charge in [-0.05, 0) is 25.7 Å². The van der Waals surface area contributed by atoms with Gasteiger partial charge in [0, 0.05) is 25.4 Å². The van der Waals surface area contributed by atoms with E-state index in [1.54, 1.807) is 0 Å². The summed E-state index contributed by atoms with van der Waals surface area (Å²) in [5, 5.41) is 12.5. The molecule has 0 N–H and O–H groups in total. The Hall–Kier alpha value is -1.41. The normalized spacial score (nSPS) is 21.4. The van der Waals surface area contributed by atoms with E-state index in [4.69, 9.17) is 14.5 Å². The molecule has 1 aromatic heterocycles. The zero-order chi connectivity index (χ0) is 12.8. The number of aromatic nitrogens is 2. The SMILES string of the molecule is CC(CCC#N)c1nc(CC2CCCCO2)no1. The van der Waals surface area contributed by atoms with Gasteiger partial charge in [-0.25, -0.2) is 0 Å². The Morgan fingerprint density at radius 3 is 3.11 bits per heavy atom. The average Bonchev–Trinajstić information content (AvgIpc) is 2.86. The molecule has 2 heterocycles. The molecule has 0 aliphatic carbocycles. The number of hydrogen-bond donors (Lipinski definition) is 0. The topological polar surface area (TPSA) is 71.9 Å². The van der Waals surface area contributed by atoms with Crippen molar-refractivity contribution in [3.8, 4) is 6.07 Å². The summed E-state index contributed by atoms with van der Waals surface area (Å²) < 4.78 is 10.9. The first-order valence-corrected chi connectivity index (χ1v) is 6.60. The molecule has 0 saturated carbocycles. The van der Waals surface area contributed by atoms with Gasteiger partial charge in [-0.3, -0.25) is 0 Å². The predicted octanol–water partition coefficient (Wildman–Crippen LogP) is 2.59. The smallest absolute Gasteiger partial charge is 0.229 e. The van der Waals surface area contributed by atoms with Gasteiger partial charge in [-0.1, -0.05) is 12.1 Å². The third-order valence-corrected chi connectivity index (χ3v) is 3.28. The summed E-state index contributed by atoms with van der Waals surface area (Å²) in [5.74, 6) is 1.51. The Balaban J connectivity index is 1.87. The summed E-state index contributed by atoms with van der Waals surface area (Å²) in [4.78, 5) is 4.39. The van der Waals surface area contributed by atoms with Crippen LogP contribution in [0.2, 0.25) is 0 Å². The van der Waals surface area contributed by atoms with Gasteiger partial charge in [0.2, 0.25) is 5.89 Å². The Morgan fingerprint density at radius 2 is 2.39 bits per heavy atom. The molecule has 1 aliphatic heterocycles. The summed E-state index contributed by atoms with van der Waals surface area (Å²) >= 11 is 0. The first kappa shape index (κ1) is 13.0. The number of nitrogens with zero attached hydrogens (tertiary/aromatic N) is 3. The van der Waals surface area contributed by atoms with Gasteiger partial charge < -0.3 is 9.26 Å². The lowest BCUT2D eigenvalue weighted by atomic mass is 10.1. The zero-order valence-electron chi connectivity index (χ0n) is 10.8. The van der Waals surface area contributed by atoms with Gasteiger partial charge in [-0.15, -0.1) is 0 Å². The molecule has 2 rings (SSSR count). The van der Waals surface area contributed by atoms with Crippen LogP contribution in [0.5, 0.6) is 0 Å². The van der Waals surface area contributed by atoms with E-state index in [-0.39, 0.29) is 12.0 Å². The molecule has 1 aromatic rings. The van der Waals surface area contributed by atoms with E-state index in [2.05, 4.69) is 16.2 Å². The van der Waals surface area contributed by atoms with Crippen LogP contribution in [0.25, 0.3) is 0 Å². The second kappa shape index (κ2) is 6.50. The van der Waals surface area contributed by atoms with Crippen molar-refractivity contribution in [1.82, 2.24) is 10.1 Å². The van der Waals surface area contributed by atoms with Crippen LogP contribution in [0.4, 0.5) is 0 Å². The molecule has 1 fully saturated rings. The second-order valence-corrected chi connectivity index (χ2v) is 4.84. The van der Waals surface area contributed by atoms with Crippen molar-refractivity contribution in [1.29, 1.82) is 5.26 Å². The van der Waals surface area contributed by atoms with Crippen LogP contribution in [-0.4, -0.2) is 22.9 Å². The maximum atomic E-state index is 8.55. The monoisotopic (exact) mass is 249 g/mol. The molecule has 0 spiro atoms. The first-order chi connectivity index (χ1) is 8.79. The van der Waals surface area contributed by atoms with Gasteiger partial charge in [0.1, 0.15) is 0 Å². The van der Waals surface area contributed by atoms with Crippen LogP contribution in [0.1, 0.15) is 56.7 Å². The van der Waals surface area contributed by atoms with Crippen LogP contribution in [-0.2, 0) is 11.2 Å². The fourth-order valence-corrected chi connectivity index (χ4v) is 2.13.